The molecule has 0 fully saturated rings. The van der Waals surface area contributed by atoms with Gasteiger partial charge in [0.2, 0.25) is 5.75 Å². The number of carboxylic acid groups (broad SMARTS) is 1. The van der Waals surface area contributed by atoms with Crippen LogP contribution in [0.15, 0.2) is 36.4 Å². The monoisotopic (exact) mass is 368 g/mol. The van der Waals surface area contributed by atoms with Gasteiger partial charge in [-0.05, 0) is 25.1 Å². The molecule has 3 aromatic rings. The van der Waals surface area contributed by atoms with E-state index in [4.69, 9.17) is 14.2 Å². The minimum atomic E-state index is -1.01. The summed E-state index contributed by atoms with van der Waals surface area (Å²) in [7, 11) is 4.58. The number of rotatable bonds is 6. The topological polar surface area (TPSA) is 89.9 Å². The number of carboxylic acids is 1. The average molecular weight is 368 g/mol. The minimum Gasteiger partial charge on any atom is -0.493 e. The summed E-state index contributed by atoms with van der Waals surface area (Å²) in [5.41, 5.74) is 2.37. The van der Waals surface area contributed by atoms with Crippen molar-refractivity contribution in [2.24, 2.45) is 0 Å². The fourth-order valence-electron chi connectivity index (χ4n) is 2.88. The number of nitrogens with zero attached hydrogens (tertiary/aromatic N) is 1. The van der Waals surface area contributed by atoms with Crippen molar-refractivity contribution in [3.8, 4) is 17.2 Å². The SMILES string of the molecule is COc1cc(Nc2cc(C(=O)O)c3cc(C)ccc3n2)cc(OC)c1OC. The molecule has 0 radical (unpaired) electrons. The molecule has 7 nitrogen and oxygen atoms in total. The third-order valence-corrected chi connectivity index (χ3v) is 4.13. The number of hydrogen-bond donors (Lipinski definition) is 2. The first-order chi connectivity index (χ1) is 13.0. The molecule has 0 aliphatic rings. The molecule has 1 heterocycles. The van der Waals surface area contributed by atoms with Gasteiger partial charge in [0.1, 0.15) is 5.82 Å². The molecule has 0 saturated heterocycles. The molecule has 0 amide bonds. The molecule has 0 bridgehead atoms. The van der Waals surface area contributed by atoms with E-state index in [-0.39, 0.29) is 5.56 Å². The van der Waals surface area contributed by atoms with Crippen molar-refractivity contribution >= 4 is 28.4 Å². The fraction of sp³-hybridized carbons (Fsp3) is 0.200. The summed E-state index contributed by atoms with van der Waals surface area (Å²) in [6, 6.07) is 10.5. The zero-order valence-corrected chi connectivity index (χ0v) is 15.5. The standard InChI is InChI=1S/C20H20N2O5/c1-11-5-6-15-13(7-11)14(20(23)24)10-18(22-15)21-12-8-16(25-2)19(27-4)17(9-12)26-3/h5-10H,1-4H3,(H,21,22)(H,23,24). The molecule has 1 aromatic heterocycles. The maximum Gasteiger partial charge on any atom is 0.336 e. The van der Waals surface area contributed by atoms with Crippen molar-refractivity contribution in [1.82, 2.24) is 4.98 Å². The van der Waals surface area contributed by atoms with Gasteiger partial charge in [-0.15, -0.1) is 0 Å². The van der Waals surface area contributed by atoms with Gasteiger partial charge in [0.25, 0.3) is 0 Å². The second-order valence-electron chi connectivity index (χ2n) is 5.92. The molecule has 3 rings (SSSR count). The van der Waals surface area contributed by atoms with Gasteiger partial charge in [0, 0.05) is 23.2 Å². The van der Waals surface area contributed by atoms with E-state index in [0.29, 0.717) is 39.7 Å². The van der Waals surface area contributed by atoms with Gasteiger partial charge in [0.05, 0.1) is 32.4 Å². The molecule has 2 N–H and O–H groups in total. The molecule has 0 atom stereocenters. The zero-order chi connectivity index (χ0) is 19.6. The molecule has 140 valence electrons. The molecule has 2 aromatic carbocycles. The zero-order valence-electron chi connectivity index (χ0n) is 15.5. The number of methoxy groups -OCH3 is 3. The van der Waals surface area contributed by atoms with Crippen LogP contribution in [-0.2, 0) is 0 Å². The van der Waals surface area contributed by atoms with Crippen LogP contribution in [0.5, 0.6) is 17.2 Å². The van der Waals surface area contributed by atoms with Gasteiger partial charge < -0.3 is 24.6 Å². The summed E-state index contributed by atoms with van der Waals surface area (Å²) < 4.78 is 16.0. The van der Waals surface area contributed by atoms with Crippen LogP contribution >= 0.6 is 0 Å². The van der Waals surface area contributed by atoms with Crippen LogP contribution < -0.4 is 19.5 Å². The Morgan fingerprint density at radius 1 is 1.00 bits per heavy atom. The number of nitrogens with one attached hydrogen (secondary N) is 1. The number of fused-ring (bicyclic) bond motifs is 1. The van der Waals surface area contributed by atoms with E-state index in [9.17, 15) is 9.90 Å². The van der Waals surface area contributed by atoms with Crippen LogP contribution in [0.1, 0.15) is 15.9 Å². The molecule has 0 unspecified atom stereocenters. The molecule has 0 aliphatic heterocycles. The summed E-state index contributed by atoms with van der Waals surface area (Å²) in [5.74, 6) is 0.820. The lowest BCUT2D eigenvalue weighted by atomic mass is 10.1. The Morgan fingerprint density at radius 3 is 2.22 bits per heavy atom. The van der Waals surface area contributed by atoms with E-state index in [2.05, 4.69) is 10.3 Å². The summed E-state index contributed by atoms with van der Waals surface area (Å²) in [6.07, 6.45) is 0. The first-order valence-corrected chi connectivity index (χ1v) is 8.18. The van der Waals surface area contributed by atoms with Gasteiger partial charge in [-0.25, -0.2) is 9.78 Å². The smallest absolute Gasteiger partial charge is 0.336 e. The van der Waals surface area contributed by atoms with Crippen molar-refractivity contribution in [3.05, 3.63) is 47.5 Å². The molecule has 0 aliphatic carbocycles. The number of hydrogen-bond acceptors (Lipinski definition) is 6. The summed E-state index contributed by atoms with van der Waals surface area (Å²) in [6.45, 7) is 1.91. The predicted octanol–water partition coefficient (Wildman–Crippen LogP) is 4.01. The largest absolute Gasteiger partial charge is 0.493 e. The highest BCUT2D eigenvalue weighted by atomic mass is 16.5. The van der Waals surface area contributed by atoms with Crippen molar-refractivity contribution in [3.63, 3.8) is 0 Å². The first kappa shape index (κ1) is 18.3. The van der Waals surface area contributed by atoms with Crippen LogP contribution in [0.3, 0.4) is 0 Å². The van der Waals surface area contributed by atoms with Crippen LogP contribution in [-0.4, -0.2) is 37.4 Å². The highest BCUT2D eigenvalue weighted by Crippen LogP contribution is 2.40. The quantitative estimate of drug-likeness (QED) is 0.679. The number of aryl methyl sites for hydroxylation is 1. The Bertz CT molecular complexity index is 992. The van der Waals surface area contributed by atoms with Crippen molar-refractivity contribution in [2.45, 2.75) is 6.92 Å². The van der Waals surface area contributed by atoms with Gasteiger partial charge in [-0.2, -0.15) is 0 Å². The third kappa shape index (κ3) is 3.57. The lowest BCUT2D eigenvalue weighted by molar-refractivity contribution is 0.0699. The Kier molecular flexibility index (Phi) is 5.03. The normalized spacial score (nSPS) is 10.5. The van der Waals surface area contributed by atoms with E-state index in [0.717, 1.165) is 5.56 Å². The summed E-state index contributed by atoms with van der Waals surface area (Å²) in [5, 5.41) is 13.3. The van der Waals surface area contributed by atoms with Crippen LogP contribution in [0.2, 0.25) is 0 Å². The Morgan fingerprint density at radius 2 is 1.67 bits per heavy atom. The van der Waals surface area contributed by atoms with Gasteiger partial charge >= 0.3 is 5.97 Å². The molecular formula is C20H20N2O5. The number of anilines is 2. The molecule has 0 spiro atoms. The highest BCUT2D eigenvalue weighted by Gasteiger charge is 2.16. The maximum atomic E-state index is 11.7. The average Bonchev–Trinajstić information content (AvgIpc) is 2.66. The number of aromatic carboxylic acids is 1. The van der Waals surface area contributed by atoms with Crippen molar-refractivity contribution in [1.29, 1.82) is 0 Å². The van der Waals surface area contributed by atoms with Crippen LogP contribution in [0.25, 0.3) is 10.9 Å². The number of benzene rings is 2. The van der Waals surface area contributed by atoms with Crippen LogP contribution in [0, 0.1) is 6.92 Å². The van der Waals surface area contributed by atoms with E-state index in [1.165, 1.54) is 27.4 Å². The molecule has 27 heavy (non-hydrogen) atoms. The van der Waals surface area contributed by atoms with Crippen molar-refractivity contribution < 1.29 is 24.1 Å². The summed E-state index contributed by atoms with van der Waals surface area (Å²) in [4.78, 5) is 16.2. The second-order valence-corrected chi connectivity index (χ2v) is 5.92. The Balaban J connectivity index is 2.09. The number of aromatic nitrogens is 1. The van der Waals surface area contributed by atoms with E-state index in [1.807, 2.05) is 19.1 Å². The minimum absolute atomic E-state index is 0.179. The number of ether oxygens (including phenoxy) is 3. The number of pyridine rings is 1. The van der Waals surface area contributed by atoms with Crippen molar-refractivity contribution in [2.75, 3.05) is 26.6 Å². The number of carbonyl (C=O) groups is 1. The fourth-order valence-corrected chi connectivity index (χ4v) is 2.88. The third-order valence-electron chi connectivity index (χ3n) is 4.13. The predicted molar refractivity (Wildman–Crippen MR) is 103 cm³/mol. The second kappa shape index (κ2) is 7.41. The van der Waals surface area contributed by atoms with Gasteiger partial charge in [0.15, 0.2) is 11.5 Å². The first-order valence-electron chi connectivity index (χ1n) is 8.18. The highest BCUT2D eigenvalue weighted by molar-refractivity contribution is 6.03. The van der Waals surface area contributed by atoms with Crippen LogP contribution in [0.4, 0.5) is 11.5 Å². The summed E-state index contributed by atoms with van der Waals surface area (Å²) >= 11 is 0. The van der Waals surface area contributed by atoms with Gasteiger partial charge in [-0.3, -0.25) is 0 Å². The van der Waals surface area contributed by atoms with E-state index < -0.39 is 5.97 Å². The lowest BCUT2D eigenvalue weighted by Gasteiger charge is -2.15. The van der Waals surface area contributed by atoms with E-state index >= 15 is 0 Å². The molecular weight excluding hydrogens is 348 g/mol. The Hall–Kier alpha value is -3.48. The van der Waals surface area contributed by atoms with Gasteiger partial charge in [-0.1, -0.05) is 11.6 Å². The Labute approximate surface area is 156 Å². The maximum absolute atomic E-state index is 11.7. The molecule has 7 heteroatoms. The van der Waals surface area contributed by atoms with E-state index in [1.54, 1.807) is 18.2 Å². The molecule has 0 saturated carbocycles. The lowest BCUT2D eigenvalue weighted by Crippen LogP contribution is -2.03.